The minimum atomic E-state index is -0.104. The molecule has 1 unspecified atom stereocenters. The molecule has 1 aromatic carbocycles. The Morgan fingerprint density at radius 1 is 1.32 bits per heavy atom. The Balaban J connectivity index is 1.38. The van der Waals surface area contributed by atoms with Crippen molar-refractivity contribution in [1.82, 2.24) is 19.8 Å². The van der Waals surface area contributed by atoms with Crippen molar-refractivity contribution in [3.05, 3.63) is 48.3 Å². The number of likely N-dealkylation sites (tertiary alicyclic amines) is 1. The number of hydrogen-bond acceptors (Lipinski definition) is 4. The minimum absolute atomic E-state index is 0.0565. The lowest BCUT2D eigenvalue weighted by molar-refractivity contribution is -0.138. The van der Waals surface area contributed by atoms with E-state index in [2.05, 4.69) is 22.4 Å². The Morgan fingerprint density at radius 2 is 2.14 bits per heavy atom. The van der Waals surface area contributed by atoms with E-state index in [0.29, 0.717) is 32.5 Å². The first-order chi connectivity index (χ1) is 13.6. The Bertz CT molecular complexity index is 778. The van der Waals surface area contributed by atoms with Gasteiger partial charge in [0.15, 0.2) is 5.16 Å². The van der Waals surface area contributed by atoms with Crippen LogP contribution in [0.5, 0.6) is 0 Å². The molecule has 28 heavy (non-hydrogen) atoms. The number of thioether (sulfide) groups is 1. The molecule has 3 rings (SSSR count). The summed E-state index contributed by atoms with van der Waals surface area (Å²) in [6, 6.07) is 10.3. The van der Waals surface area contributed by atoms with E-state index >= 15 is 0 Å². The quantitative estimate of drug-likeness (QED) is 0.519. The summed E-state index contributed by atoms with van der Waals surface area (Å²) in [5.74, 6) is 0.902. The van der Waals surface area contributed by atoms with Gasteiger partial charge in [0.05, 0.1) is 5.92 Å². The van der Waals surface area contributed by atoms with Crippen LogP contribution in [0.25, 0.3) is 0 Å². The van der Waals surface area contributed by atoms with Gasteiger partial charge < -0.3 is 14.8 Å². The maximum atomic E-state index is 12.5. The average molecular weight is 401 g/mol. The lowest BCUT2D eigenvalue weighted by Gasteiger charge is -2.32. The SMILES string of the molecule is Cn1ccnc1SCCNC(=O)C1CCC(=O)N(CCCc2ccccc2)C1. The molecule has 150 valence electrons. The van der Waals surface area contributed by atoms with Crippen molar-refractivity contribution in [2.75, 3.05) is 25.4 Å². The number of benzene rings is 1. The number of nitrogens with zero attached hydrogens (tertiary/aromatic N) is 3. The zero-order chi connectivity index (χ0) is 19.8. The van der Waals surface area contributed by atoms with Gasteiger partial charge in [0.2, 0.25) is 11.8 Å². The average Bonchev–Trinajstić information content (AvgIpc) is 3.12. The Kier molecular flexibility index (Phi) is 7.54. The Labute approximate surface area is 170 Å². The molecule has 1 aromatic heterocycles. The summed E-state index contributed by atoms with van der Waals surface area (Å²) in [6.07, 6.45) is 6.66. The molecule has 1 aliphatic heterocycles. The van der Waals surface area contributed by atoms with Gasteiger partial charge >= 0.3 is 0 Å². The number of piperidine rings is 1. The van der Waals surface area contributed by atoms with Gasteiger partial charge in [0.25, 0.3) is 0 Å². The van der Waals surface area contributed by atoms with Crippen LogP contribution in [0.1, 0.15) is 24.8 Å². The van der Waals surface area contributed by atoms with Gasteiger partial charge in [0, 0.05) is 51.2 Å². The van der Waals surface area contributed by atoms with Gasteiger partial charge in [-0.2, -0.15) is 0 Å². The third-order valence-electron chi connectivity index (χ3n) is 5.02. The van der Waals surface area contributed by atoms with Crippen molar-refractivity contribution in [2.24, 2.45) is 13.0 Å². The topological polar surface area (TPSA) is 67.2 Å². The molecule has 1 N–H and O–H groups in total. The second-order valence-corrected chi connectivity index (χ2v) is 8.19. The number of hydrogen-bond donors (Lipinski definition) is 1. The van der Waals surface area contributed by atoms with Gasteiger partial charge in [-0.1, -0.05) is 42.1 Å². The van der Waals surface area contributed by atoms with Crippen molar-refractivity contribution in [1.29, 1.82) is 0 Å². The molecule has 1 aliphatic rings. The maximum absolute atomic E-state index is 12.5. The monoisotopic (exact) mass is 400 g/mol. The molecule has 1 saturated heterocycles. The van der Waals surface area contributed by atoms with Gasteiger partial charge in [-0.3, -0.25) is 9.59 Å². The summed E-state index contributed by atoms with van der Waals surface area (Å²) >= 11 is 1.62. The molecule has 2 aromatic rings. The zero-order valence-electron chi connectivity index (χ0n) is 16.3. The largest absolute Gasteiger partial charge is 0.355 e. The van der Waals surface area contributed by atoms with Gasteiger partial charge in [0.1, 0.15) is 0 Å². The zero-order valence-corrected chi connectivity index (χ0v) is 17.2. The predicted octanol–water partition coefficient (Wildman–Crippen LogP) is 2.50. The highest BCUT2D eigenvalue weighted by atomic mass is 32.2. The fourth-order valence-electron chi connectivity index (χ4n) is 3.42. The molecule has 0 spiro atoms. The van der Waals surface area contributed by atoms with Gasteiger partial charge in [-0.25, -0.2) is 4.98 Å². The molecule has 6 nitrogen and oxygen atoms in total. The first kappa shape index (κ1) is 20.5. The van der Waals surface area contributed by atoms with E-state index in [-0.39, 0.29) is 17.7 Å². The van der Waals surface area contributed by atoms with Crippen molar-refractivity contribution < 1.29 is 9.59 Å². The molecule has 0 bridgehead atoms. The summed E-state index contributed by atoms with van der Waals surface area (Å²) < 4.78 is 1.96. The molecule has 0 aliphatic carbocycles. The van der Waals surface area contributed by atoms with E-state index in [1.807, 2.05) is 40.9 Å². The highest BCUT2D eigenvalue weighted by Gasteiger charge is 2.29. The third kappa shape index (κ3) is 5.86. The van der Waals surface area contributed by atoms with E-state index in [4.69, 9.17) is 0 Å². The van der Waals surface area contributed by atoms with E-state index in [0.717, 1.165) is 23.8 Å². The van der Waals surface area contributed by atoms with Crippen LogP contribution in [0, 0.1) is 5.92 Å². The molecule has 1 atom stereocenters. The number of carbonyl (C=O) groups excluding carboxylic acids is 2. The third-order valence-corrected chi connectivity index (χ3v) is 6.08. The van der Waals surface area contributed by atoms with Crippen LogP contribution in [0.4, 0.5) is 0 Å². The Hall–Kier alpha value is -2.28. The number of aromatic nitrogens is 2. The fourth-order valence-corrected chi connectivity index (χ4v) is 4.20. The highest BCUT2D eigenvalue weighted by Crippen LogP contribution is 2.19. The molecular weight excluding hydrogens is 372 g/mol. The van der Waals surface area contributed by atoms with Crippen LogP contribution in [0.15, 0.2) is 47.9 Å². The summed E-state index contributed by atoms with van der Waals surface area (Å²) in [5.41, 5.74) is 1.28. The first-order valence-electron chi connectivity index (χ1n) is 9.83. The fraction of sp³-hybridized carbons (Fsp3) is 0.476. The number of carbonyl (C=O) groups is 2. The number of nitrogens with one attached hydrogen (secondary N) is 1. The standard InChI is InChI=1S/C21H28N4O2S/c1-24-14-11-23-21(24)28-15-12-22-20(27)18-9-10-19(26)25(16-18)13-5-8-17-6-3-2-4-7-17/h2-4,6-7,11,14,18H,5,8-10,12-13,15-16H2,1H3,(H,22,27). The lowest BCUT2D eigenvalue weighted by atomic mass is 9.96. The van der Waals surface area contributed by atoms with E-state index in [1.54, 1.807) is 18.0 Å². The highest BCUT2D eigenvalue weighted by molar-refractivity contribution is 7.99. The normalized spacial score (nSPS) is 17.0. The lowest BCUT2D eigenvalue weighted by Crippen LogP contribution is -2.46. The molecule has 7 heteroatoms. The number of aryl methyl sites for hydroxylation is 2. The van der Waals surface area contributed by atoms with Crippen LogP contribution in [-0.4, -0.2) is 51.7 Å². The van der Waals surface area contributed by atoms with Crippen molar-refractivity contribution in [3.8, 4) is 0 Å². The van der Waals surface area contributed by atoms with Crippen molar-refractivity contribution in [3.63, 3.8) is 0 Å². The molecule has 0 radical (unpaired) electrons. The van der Waals surface area contributed by atoms with Crippen molar-refractivity contribution in [2.45, 2.75) is 30.8 Å². The second-order valence-electron chi connectivity index (χ2n) is 7.12. The molecule has 2 amide bonds. The second kappa shape index (κ2) is 10.3. The maximum Gasteiger partial charge on any atom is 0.224 e. The van der Waals surface area contributed by atoms with Crippen LogP contribution < -0.4 is 5.32 Å². The number of amides is 2. The molecule has 1 fully saturated rings. The van der Waals surface area contributed by atoms with Crippen LogP contribution >= 0.6 is 11.8 Å². The summed E-state index contributed by atoms with van der Waals surface area (Å²) in [4.78, 5) is 30.8. The van der Waals surface area contributed by atoms with E-state index in [9.17, 15) is 9.59 Å². The van der Waals surface area contributed by atoms with E-state index in [1.165, 1.54) is 5.56 Å². The smallest absolute Gasteiger partial charge is 0.224 e. The van der Waals surface area contributed by atoms with Crippen LogP contribution in [0.3, 0.4) is 0 Å². The Morgan fingerprint density at radius 3 is 2.89 bits per heavy atom. The number of rotatable bonds is 9. The van der Waals surface area contributed by atoms with Crippen molar-refractivity contribution >= 4 is 23.6 Å². The van der Waals surface area contributed by atoms with Gasteiger partial charge in [-0.15, -0.1) is 0 Å². The summed E-state index contributed by atoms with van der Waals surface area (Å²) in [5, 5.41) is 3.96. The minimum Gasteiger partial charge on any atom is -0.355 e. The van der Waals surface area contributed by atoms with Crippen LogP contribution in [0.2, 0.25) is 0 Å². The molecule has 0 saturated carbocycles. The predicted molar refractivity (Wildman–Crippen MR) is 111 cm³/mol. The molecule has 2 heterocycles. The molecular formula is C21H28N4O2S. The number of imidazole rings is 1. The summed E-state index contributed by atoms with van der Waals surface area (Å²) in [6.45, 7) is 1.85. The van der Waals surface area contributed by atoms with Gasteiger partial charge in [-0.05, 0) is 24.8 Å². The first-order valence-corrected chi connectivity index (χ1v) is 10.8. The van der Waals surface area contributed by atoms with E-state index < -0.39 is 0 Å². The summed E-state index contributed by atoms with van der Waals surface area (Å²) in [7, 11) is 1.96. The van der Waals surface area contributed by atoms with Crippen LogP contribution in [-0.2, 0) is 23.1 Å².